The number of hydrogen-bond donors (Lipinski definition) is 2. The molecule has 1 saturated heterocycles. The van der Waals surface area contributed by atoms with E-state index >= 15 is 0 Å². The van der Waals surface area contributed by atoms with Crippen molar-refractivity contribution in [1.82, 2.24) is 15.2 Å². The molecular formula is C13H19N3O2. The molecule has 98 valence electrons. The Labute approximate surface area is 107 Å². The molecule has 0 saturated carbocycles. The predicted molar refractivity (Wildman–Crippen MR) is 68.5 cm³/mol. The van der Waals surface area contributed by atoms with Crippen molar-refractivity contribution >= 4 is 5.91 Å². The minimum atomic E-state index is -0.320. The lowest BCUT2D eigenvalue weighted by atomic mass is 10.2. The molecule has 5 heteroatoms. The van der Waals surface area contributed by atoms with E-state index in [0.29, 0.717) is 12.6 Å². The molecule has 5 nitrogen and oxygen atoms in total. The summed E-state index contributed by atoms with van der Waals surface area (Å²) in [5, 5.41) is 12.3. The zero-order valence-electron chi connectivity index (χ0n) is 10.6. The summed E-state index contributed by atoms with van der Waals surface area (Å²) >= 11 is 0. The molecule has 1 aromatic rings. The highest BCUT2D eigenvalue weighted by molar-refractivity contribution is 5.94. The van der Waals surface area contributed by atoms with Crippen molar-refractivity contribution in [3.05, 3.63) is 24.0 Å². The van der Waals surface area contributed by atoms with Gasteiger partial charge in [0.1, 0.15) is 5.75 Å². The van der Waals surface area contributed by atoms with Gasteiger partial charge < -0.3 is 10.4 Å². The number of carbonyl (C=O) groups is 1. The molecular weight excluding hydrogens is 230 g/mol. The van der Waals surface area contributed by atoms with Gasteiger partial charge >= 0.3 is 0 Å². The first-order valence-electron chi connectivity index (χ1n) is 6.34. The highest BCUT2D eigenvalue weighted by Gasteiger charge is 2.19. The number of pyridine rings is 1. The molecule has 0 unspecified atom stereocenters. The van der Waals surface area contributed by atoms with E-state index in [1.165, 1.54) is 25.1 Å². The summed E-state index contributed by atoms with van der Waals surface area (Å²) in [6, 6.07) is 3.38. The summed E-state index contributed by atoms with van der Waals surface area (Å²) in [7, 11) is 0. The Balaban J connectivity index is 1.86. The highest BCUT2D eigenvalue weighted by atomic mass is 16.3. The first kappa shape index (κ1) is 12.8. The van der Waals surface area contributed by atoms with Crippen LogP contribution >= 0.6 is 0 Å². The molecule has 0 spiro atoms. The first-order valence-corrected chi connectivity index (χ1v) is 6.34. The fourth-order valence-electron chi connectivity index (χ4n) is 2.21. The quantitative estimate of drug-likeness (QED) is 0.835. The van der Waals surface area contributed by atoms with Gasteiger partial charge in [0.05, 0.1) is 0 Å². The van der Waals surface area contributed by atoms with Gasteiger partial charge in [-0.15, -0.1) is 0 Å². The van der Waals surface area contributed by atoms with E-state index in [-0.39, 0.29) is 17.4 Å². The Morgan fingerprint density at radius 3 is 2.94 bits per heavy atom. The maximum Gasteiger partial charge on any atom is 0.273 e. The Kier molecular flexibility index (Phi) is 4.15. The summed E-state index contributed by atoms with van der Waals surface area (Å²) < 4.78 is 0. The summed E-state index contributed by atoms with van der Waals surface area (Å²) in [5.41, 5.74) is 0.0890. The predicted octanol–water partition coefficient (Wildman–Crippen LogP) is 1.00. The lowest BCUT2D eigenvalue weighted by Crippen LogP contribution is -2.40. The molecule has 2 N–H and O–H groups in total. The summed E-state index contributed by atoms with van der Waals surface area (Å²) in [6.45, 7) is 4.89. The molecule has 1 fully saturated rings. The van der Waals surface area contributed by atoms with Crippen molar-refractivity contribution < 1.29 is 9.90 Å². The minimum Gasteiger partial charge on any atom is -0.505 e. The van der Waals surface area contributed by atoms with Crippen LogP contribution in [0.5, 0.6) is 5.75 Å². The summed E-state index contributed by atoms with van der Waals surface area (Å²) in [4.78, 5) is 18.1. The number of hydrogen-bond acceptors (Lipinski definition) is 4. The van der Waals surface area contributed by atoms with Crippen LogP contribution in [0.4, 0.5) is 0 Å². The number of aromatic nitrogens is 1. The largest absolute Gasteiger partial charge is 0.505 e. The standard InChI is InChI=1S/C13H19N3O2/c1-10(16-7-2-3-8-16)9-15-13(18)12-11(17)5-4-6-14-12/h4-6,10,17H,2-3,7-9H2,1H3,(H,15,18)/t10-/m0/s1. The second-order valence-electron chi connectivity index (χ2n) is 4.67. The van der Waals surface area contributed by atoms with E-state index in [9.17, 15) is 9.90 Å². The van der Waals surface area contributed by atoms with E-state index in [0.717, 1.165) is 13.1 Å². The zero-order valence-corrected chi connectivity index (χ0v) is 10.6. The van der Waals surface area contributed by atoms with Crippen LogP contribution in [0.2, 0.25) is 0 Å². The smallest absolute Gasteiger partial charge is 0.273 e. The van der Waals surface area contributed by atoms with Crippen LogP contribution in [-0.2, 0) is 0 Å². The van der Waals surface area contributed by atoms with Gasteiger partial charge in [0.25, 0.3) is 5.91 Å². The molecule has 2 heterocycles. The minimum absolute atomic E-state index is 0.0798. The van der Waals surface area contributed by atoms with Crippen LogP contribution in [0.25, 0.3) is 0 Å². The van der Waals surface area contributed by atoms with Crippen molar-refractivity contribution in [2.45, 2.75) is 25.8 Å². The van der Waals surface area contributed by atoms with Crippen molar-refractivity contribution in [3.8, 4) is 5.75 Å². The molecule has 0 aromatic carbocycles. The molecule has 1 amide bonds. The van der Waals surface area contributed by atoms with E-state index in [2.05, 4.69) is 22.1 Å². The lowest BCUT2D eigenvalue weighted by Gasteiger charge is -2.23. The van der Waals surface area contributed by atoms with Gasteiger partial charge in [-0.05, 0) is 45.0 Å². The average molecular weight is 249 g/mol. The van der Waals surface area contributed by atoms with Gasteiger partial charge in [-0.1, -0.05) is 0 Å². The summed E-state index contributed by atoms with van der Waals surface area (Å²) in [5.74, 6) is -0.400. The third kappa shape index (κ3) is 2.98. The molecule has 0 bridgehead atoms. The van der Waals surface area contributed by atoms with Crippen molar-refractivity contribution in [3.63, 3.8) is 0 Å². The number of carbonyl (C=O) groups excluding carboxylic acids is 1. The van der Waals surface area contributed by atoms with Gasteiger partial charge in [-0.25, -0.2) is 4.98 Å². The van der Waals surface area contributed by atoms with Gasteiger partial charge in [-0.3, -0.25) is 9.69 Å². The molecule has 0 aliphatic carbocycles. The molecule has 1 aliphatic heterocycles. The third-order valence-electron chi connectivity index (χ3n) is 3.32. The Bertz CT molecular complexity index is 416. The molecule has 2 rings (SSSR count). The number of nitrogens with zero attached hydrogens (tertiary/aromatic N) is 2. The van der Waals surface area contributed by atoms with Gasteiger partial charge in [0, 0.05) is 18.8 Å². The maximum absolute atomic E-state index is 11.8. The zero-order chi connectivity index (χ0) is 13.0. The van der Waals surface area contributed by atoms with E-state index in [1.54, 1.807) is 6.07 Å². The van der Waals surface area contributed by atoms with Crippen LogP contribution in [0.1, 0.15) is 30.3 Å². The molecule has 18 heavy (non-hydrogen) atoms. The van der Waals surface area contributed by atoms with Crippen molar-refractivity contribution in [2.75, 3.05) is 19.6 Å². The van der Waals surface area contributed by atoms with Crippen molar-refractivity contribution in [2.24, 2.45) is 0 Å². The monoisotopic (exact) mass is 249 g/mol. The van der Waals surface area contributed by atoms with Crippen LogP contribution in [0, 0.1) is 0 Å². The number of aromatic hydroxyl groups is 1. The maximum atomic E-state index is 11.8. The normalized spacial score (nSPS) is 17.6. The molecule has 0 radical (unpaired) electrons. The highest BCUT2D eigenvalue weighted by Crippen LogP contribution is 2.13. The van der Waals surface area contributed by atoms with Crippen LogP contribution < -0.4 is 5.32 Å². The van der Waals surface area contributed by atoms with Gasteiger partial charge in [0.2, 0.25) is 0 Å². The second-order valence-corrected chi connectivity index (χ2v) is 4.67. The number of rotatable bonds is 4. The van der Waals surface area contributed by atoms with Crippen LogP contribution in [0.15, 0.2) is 18.3 Å². The fourth-order valence-corrected chi connectivity index (χ4v) is 2.21. The van der Waals surface area contributed by atoms with Gasteiger partial charge in [-0.2, -0.15) is 0 Å². The fraction of sp³-hybridized carbons (Fsp3) is 0.538. The van der Waals surface area contributed by atoms with Crippen LogP contribution in [0.3, 0.4) is 0 Å². The average Bonchev–Trinajstić information content (AvgIpc) is 2.90. The van der Waals surface area contributed by atoms with E-state index in [4.69, 9.17) is 0 Å². The molecule has 1 aliphatic rings. The number of likely N-dealkylation sites (tertiary alicyclic amines) is 1. The molecule has 1 aromatic heterocycles. The van der Waals surface area contributed by atoms with Gasteiger partial charge in [0.15, 0.2) is 5.69 Å². The van der Waals surface area contributed by atoms with Crippen LogP contribution in [-0.4, -0.2) is 46.6 Å². The summed E-state index contributed by atoms with van der Waals surface area (Å²) in [6.07, 6.45) is 3.97. The number of nitrogens with one attached hydrogen (secondary N) is 1. The lowest BCUT2D eigenvalue weighted by molar-refractivity contribution is 0.0932. The molecule has 1 atom stereocenters. The Hall–Kier alpha value is -1.62. The van der Waals surface area contributed by atoms with E-state index < -0.39 is 0 Å². The third-order valence-corrected chi connectivity index (χ3v) is 3.32. The topological polar surface area (TPSA) is 65.5 Å². The van der Waals surface area contributed by atoms with E-state index in [1.807, 2.05) is 0 Å². The number of amides is 1. The van der Waals surface area contributed by atoms with Crippen molar-refractivity contribution in [1.29, 1.82) is 0 Å². The Morgan fingerprint density at radius 1 is 1.56 bits per heavy atom. The SMILES string of the molecule is C[C@@H](CNC(=O)c1ncccc1O)N1CCCC1. The first-order chi connectivity index (χ1) is 8.68. The second kappa shape index (κ2) is 5.82. The Morgan fingerprint density at radius 2 is 2.28 bits per heavy atom.